The minimum atomic E-state index is -0.852. The average Bonchev–Trinajstić information content (AvgIpc) is 2.87. The van der Waals surface area contributed by atoms with E-state index in [0.717, 1.165) is 0 Å². The molecule has 6 heteroatoms. The first-order chi connectivity index (χ1) is 9.52. The summed E-state index contributed by atoms with van der Waals surface area (Å²) in [5.74, 6) is -2.53. The second kappa shape index (κ2) is 5.90. The van der Waals surface area contributed by atoms with Gasteiger partial charge in [-0.3, -0.25) is 9.59 Å². The molecular weight excluding hydrogens is 265 g/mol. The summed E-state index contributed by atoms with van der Waals surface area (Å²) in [6.07, 6.45) is 1.50. The highest BCUT2D eigenvalue weighted by atomic mass is 19.1. The van der Waals surface area contributed by atoms with Gasteiger partial charge in [-0.05, 0) is 31.4 Å². The van der Waals surface area contributed by atoms with Gasteiger partial charge in [-0.1, -0.05) is 6.07 Å². The molecule has 0 unspecified atom stereocenters. The number of carbonyl (C=O) groups is 2. The molecule has 0 radical (unpaired) electrons. The molecule has 2 N–H and O–H groups in total. The van der Waals surface area contributed by atoms with Gasteiger partial charge in [0.15, 0.2) is 11.6 Å². The van der Waals surface area contributed by atoms with Crippen LogP contribution in [0, 0.1) is 11.7 Å². The summed E-state index contributed by atoms with van der Waals surface area (Å²) >= 11 is 0. The highest BCUT2D eigenvalue weighted by Gasteiger charge is 2.31. The van der Waals surface area contributed by atoms with Crippen molar-refractivity contribution in [2.45, 2.75) is 25.3 Å². The summed E-state index contributed by atoms with van der Waals surface area (Å²) in [7, 11) is 1.33. The fourth-order valence-corrected chi connectivity index (χ4v) is 2.44. The fourth-order valence-electron chi connectivity index (χ4n) is 2.44. The Bertz CT molecular complexity index is 532. The second-order valence-electron chi connectivity index (χ2n) is 4.84. The zero-order valence-electron chi connectivity index (χ0n) is 11.1. The van der Waals surface area contributed by atoms with Crippen molar-refractivity contribution >= 4 is 11.9 Å². The molecule has 0 aromatic heterocycles. The van der Waals surface area contributed by atoms with Crippen molar-refractivity contribution in [3.05, 3.63) is 29.6 Å². The van der Waals surface area contributed by atoms with Gasteiger partial charge in [0, 0.05) is 6.04 Å². The summed E-state index contributed by atoms with van der Waals surface area (Å²) in [4.78, 5) is 22.9. The number of methoxy groups -OCH3 is 1. The molecule has 2 rings (SSSR count). The number of nitrogens with one attached hydrogen (secondary N) is 1. The Labute approximate surface area is 115 Å². The number of ether oxygens (including phenoxy) is 1. The molecule has 1 amide bonds. The number of carboxylic acids is 1. The van der Waals surface area contributed by atoms with E-state index < -0.39 is 23.6 Å². The average molecular weight is 281 g/mol. The minimum absolute atomic E-state index is 0.00693. The van der Waals surface area contributed by atoms with Crippen LogP contribution in [0.4, 0.5) is 4.39 Å². The quantitative estimate of drug-likeness (QED) is 0.882. The molecule has 0 heterocycles. The van der Waals surface area contributed by atoms with Gasteiger partial charge in [-0.15, -0.1) is 0 Å². The van der Waals surface area contributed by atoms with Crippen LogP contribution in [0.3, 0.4) is 0 Å². The number of hydrogen-bond acceptors (Lipinski definition) is 3. The van der Waals surface area contributed by atoms with Crippen LogP contribution in [0.1, 0.15) is 29.6 Å². The second-order valence-corrected chi connectivity index (χ2v) is 4.84. The van der Waals surface area contributed by atoms with E-state index in [9.17, 15) is 14.0 Å². The Morgan fingerprint density at radius 1 is 1.40 bits per heavy atom. The van der Waals surface area contributed by atoms with Crippen molar-refractivity contribution in [1.29, 1.82) is 0 Å². The first-order valence-corrected chi connectivity index (χ1v) is 6.39. The molecule has 1 fully saturated rings. The smallest absolute Gasteiger partial charge is 0.306 e. The SMILES string of the molecule is COc1cccc(C(=O)N[C@@H]2CC[C@H](C(=O)O)C2)c1F. The molecule has 108 valence electrons. The molecule has 1 aliphatic rings. The summed E-state index contributed by atoms with van der Waals surface area (Å²) < 4.78 is 18.7. The lowest BCUT2D eigenvalue weighted by Gasteiger charge is -2.13. The maximum absolute atomic E-state index is 13.9. The van der Waals surface area contributed by atoms with E-state index in [2.05, 4.69) is 5.32 Å². The van der Waals surface area contributed by atoms with E-state index in [1.165, 1.54) is 25.3 Å². The molecular formula is C14H16FNO4. The summed E-state index contributed by atoms with van der Waals surface area (Å²) in [5, 5.41) is 11.6. The normalized spacial score (nSPS) is 21.5. The molecule has 1 aliphatic carbocycles. The molecule has 1 saturated carbocycles. The van der Waals surface area contributed by atoms with Crippen LogP contribution in [0.15, 0.2) is 18.2 Å². The highest BCUT2D eigenvalue weighted by molar-refractivity contribution is 5.95. The number of hydrogen-bond donors (Lipinski definition) is 2. The van der Waals surface area contributed by atoms with E-state index in [0.29, 0.717) is 19.3 Å². The largest absolute Gasteiger partial charge is 0.494 e. The van der Waals surface area contributed by atoms with Gasteiger partial charge in [0.25, 0.3) is 5.91 Å². The number of benzene rings is 1. The van der Waals surface area contributed by atoms with Crippen LogP contribution in [0.25, 0.3) is 0 Å². The number of aliphatic carboxylic acids is 1. The van der Waals surface area contributed by atoms with Gasteiger partial charge in [0.05, 0.1) is 18.6 Å². The lowest BCUT2D eigenvalue weighted by Crippen LogP contribution is -2.33. The number of amides is 1. The number of halogens is 1. The Morgan fingerprint density at radius 2 is 2.15 bits per heavy atom. The predicted molar refractivity (Wildman–Crippen MR) is 69.2 cm³/mol. The van der Waals surface area contributed by atoms with E-state index >= 15 is 0 Å². The van der Waals surface area contributed by atoms with E-state index in [1.54, 1.807) is 0 Å². The molecule has 1 aromatic rings. The predicted octanol–water partition coefficient (Wildman–Crippen LogP) is 1.82. The number of carboxylic acid groups (broad SMARTS) is 1. The summed E-state index contributed by atoms with van der Waals surface area (Å²) in [6.45, 7) is 0. The molecule has 20 heavy (non-hydrogen) atoms. The zero-order chi connectivity index (χ0) is 14.7. The van der Waals surface area contributed by atoms with Crippen LogP contribution in [0.2, 0.25) is 0 Å². The lowest BCUT2D eigenvalue weighted by atomic mass is 10.1. The standard InChI is InChI=1S/C14H16FNO4/c1-20-11-4-2-3-10(12(11)15)13(17)16-9-6-5-8(7-9)14(18)19/h2-4,8-9H,5-7H2,1H3,(H,16,17)(H,18,19)/t8-,9+/m0/s1. The Kier molecular flexibility index (Phi) is 4.22. The number of carbonyl (C=O) groups excluding carboxylic acids is 1. The fraction of sp³-hybridized carbons (Fsp3) is 0.429. The van der Waals surface area contributed by atoms with Crippen molar-refractivity contribution in [3.8, 4) is 5.75 Å². The van der Waals surface area contributed by atoms with Gasteiger partial charge < -0.3 is 15.2 Å². The van der Waals surface area contributed by atoms with Crippen molar-refractivity contribution in [1.82, 2.24) is 5.32 Å². The Balaban J connectivity index is 2.04. The molecule has 0 aliphatic heterocycles. The Morgan fingerprint density at radius 3 is 2.75 bits per heavy atom. The van der Waals surface area contributed by atoms with Gasteiger partial charge in [0.1, 0.15) is 0 Å². The van der Waals surface area contributed by atoms with Gasteiger partial charge in [-0.25, -0.2) is 4.39 Å². The molecule has 1 aromatic carbocycles. The third-order valence-corrected chi connectivity index (χ3v) is 3.54. The zero-order valence-corrected chi connectivity index (χ0v) is 11.1. The van der Waals surface area contributed by atoms with Crippen molar-refractivity contribution in [3.63, 3.8) is 0 Å². The van der Waals surface area contributed by atoms with Gasteiger partial charge in [0.2, 0.25) is 0 Å². The van der Waals surface area contributed by atoms with Crippen LogP contribution in [0.5, 0.6) is 5.75 Å². The Hall–Kier alpha value is -2.11. The molecule has 5 nitrogen and oxygen atoms in total. The first kappa shape index (κ1) is 14.3. The van der Waals surface area contributed by atoms with Crippen LogP contribution in [-0.4, -0.2) is 30.1 Å². The third-order valence-electron chi connectivity index (χ3n) is 3.54. The van der Waals surface area contributed by atoms with Crippen LogP contribution < -0.4 is 10.1 Å². The first-order valence-electron chi connectivity index (χ1n) is 6.39. The third kappa shape index (κ3) is 2.89. The minimum Gasteiger partial charge on any atom is -0.494 e. The molecule has 2 atom stereocenters. The van der Waals surface area contributed by atoms with E-state index in [1.807, 2.05) is 0 Å². The maximum Gasteiger partial charge on any atom is 0.306 e. The van der Waals surface area contributed by atoms with Crippen molar-refractivity contribution in [2.24, 2.45) is 5.92 Å². The van der Waals surface area contributed by atoms with Crippen LogP contribution >= 0.6 is 0 Å². The molecule has 0 spiro atoms. The summed E-state index contributed by atoms with van der Waals surface area (Å²) in [6, 6.07) is 4.11. The van der Waals surface area contributed by atoms with Crippen molar-refractivity contribution in [2.75, 3.05) is 7.11 Å². The van der Waals surface area contributed by atoms with Crippen LogP contribution in [-0.2, 0) is 4.79 Å². The summed E-state index contributed by atoms with van der Waals surface area (Å²) in [5.41, 5.74) is -0.0943. The van der Waals surface area contributed by atoms with Gasteiger partial charge in [-0.2, -0.15) is 0 Å². The number of rotatable bonds is 4. The monoisotopic (exact) mass is 281 g/mol. The van der Waals surface area contributed by atoms with Crippen molar-refractivity contribution < 1.29 is 23.8 Å². The van der Waals surface area contributed by atoms with Gasteiger partial charge >= 0.3 is 5.97 Å². The highest BCUT2D eigenvalue weighted by Crippen LogP contribution is 2.26. The molecule has 0 bridgehead atoms. The lowest BCUT2D eigenvalue weighted by molar-refractivity contribution is -0.141. The maximum atomic E-state index is 13.9. The topological polar surface area (TPSA) is 75.6 Å². The van der Waals surface area contributed by atoms with E-state index in [4.69, 9.17) is 9.84 Å². The molecule has 0 saturated heterocycles. The van der Waals surface area contributed by atoms with E-state index in [-0.39, 0.29) is 17.4 Å².